The number of carbonyl (C=O) groups excluding carboxylic acids is 1. The molecule has 0 bridgehead atoms. The number of rotatable bonds is 4. The second kappa shape index (κ2) is 5.37. The van der Waals surface area contributed by atoms with Gasteiger partial charge in [-0.05, 0) is 25.5 Å². The van der Waals surface area contributed by atoms with Gasteiger partial charge in [0.15, 0.2) is 0 Å². The number of hydrogen-bond donors (Lipinski definition) is 1. The summed E-state index contributed by atoms with van der Waals surface area (Å²) >= 11 is 0. The molecule has 14 heavy (non-hydrogen) atoms. The molecule has 1 rings (SSSR count). The highest BCUT2D eigenvalue weighted by Gasteiger charge is 2.06. The van der Waals surface area contributed by atoms with Crippen molar-refractivity contribution in [1.29, 1.82) is 0 Å². The minimum absolute atomic E-state index is 0.0399. The average Bonchev–Trinajstić information content (AvgIpc) is 2.19. The van der Waals surface area contributed by atoms with Gasteiger partial charge in [-0.25, -0.2) is 0 Å². The summed E-state index contributed by atoms with van der Waals surface area (Å²) in [6, 6.07) is 5.83. The van der Waals surface area contributed by atoms with Crippen LogP contribution in [0.25, 0.3) is 0 Å². The van der Waals surface area contributed by atoms with Gasteiger partial charge < -0.3 is 5.32 Å². The topological polar surface area (TPSA) is 42.0 Å². The summed E-state index contributed by atoms with van der Waals surface area (Å²) in [4.78, 5) is 15.5. The van der Waals surface area contributed by atoms with E-state index >= 15 is 0 Å². The lowest BCUT2D eigenvalue weighted by Crippen LogP contribution is -2.33. The van der Waals surface area contributed by atoms with Gasteiger partial charge in [-0.1, -0.05) is 13.0 Å². The van der Waals surface area contributed by atoms with Crippen LogP contribution in [-0.2, 0) is 11.2 Å². The molecule has 3 nitrogen and oxygen atoms in total. The zero-order valence-electron chi connectivity index (χ0n) is 8.66. The van der Waals surface area contributed by atoms with Gasteiger partial charge in [0.1, 0.15) is 0 Å². The molecule has 0 aliphatic heterocycles. The molecule has 0 saturated carbocycles. The third kappa shape index (κ3) is 3.56. The van der Waals surface area contributed by atoms with Crippen molar-refractivity contribution in [1.82, 2.24) is 10.3 Å². The lowest BCUT2D eigenvalue weighted by molar-refractivity contribution is -0.121. The summed E-state index contributed by atoms with van der Waals surface area (Å²) in [5.41, 5.74) is 0.813. The predicted molar refractivity (Wildman–Crippen MR) is 55.8 cm³/mol. The van der Waals surface area contributed by atoms with Crippen molar-refractivity contribution >= 4 is 5.91 Å². The van der Waals surface area contributed by atoms with E-state index in [9.17, 15) is 4.79 Å². The van der Waals surface area contributed by atoms with Crippen molar-refractivity contribution < 1.29 is 4.79 Å². The van der Waals surface area contributed by atoms with Crippen molar-refractivity contribution in [3.05, 3.63) is 30.1 Å². The first-order valence-electron chi connectivity index (χ1n) is 4.91. The second-order valence-corrected chi connectivity index (χ2v) is 3.37. The fourth-order valence-corrected chi connectivity index (χ4v) is 1.10. The molecule has 1 unspecified atom stereocenters. The van der Waals surface area contributed by atoms with Gasteiger partial charge in [0.05, 0.1) is 6.42 Å². The maximum Gasteiger partial charge on any atom is 0.226 e. The van der Waals surface area contributed by atoms with Crippen LogP contribution in [0.15, 0.2) is 24.4 Å². The molecule has 1 aromatic heterocycles. The molecule has 0 aliphatic carbocycles. The molecule has 0 saturated heterocycles. The van der Waals surface area contributed by atoms with Crippen LogP contribution in [-0.4, -0.2) is 16.9 Å². The lowest BCUT2D eigenvalue weighted by atomic mass is 10.2. The molecule has 0 radical (unpaired) electrons. The van der Waals surface area contributed by atoms with Crippen molar-refractivity contribution in [3.63, 3.8) is 0 Å². The van der Waals surface area contributed by atoms with Crippen LogP contribution in [0.4, 0.5) is 0 Å². The van der Waals surface area contributed by atoms with E-state index in [-0.39, 0.29) is 11.9 Å². The van der Waals surface area contributed by atoms with Crippen LogP contribution < -0.4 is 5.32 Å². The third-order valence-electron chi connectivity index (χ3n) is 2.09. The maximum atomic E-state index is 11.4. The van der Waals surface area contributed by atoms with Crippen molar-refractivity contribution in [2.24, 2.45) is 0 Å². The number of nitrogens with zero attached hydrogens (tertiary/aromatic N) is 1. The van der Waals surface area contributed by atoms with Crippen molar-refractivity contribution in [2.45, 2.75) is 32.7 Å². The normalized spacial score (nSPS) is 12.1. The Kier molecular flexibility index (Phi) is 4.11. The quantitative estimate of drug-likeness (QED) is 0.786. The Morgan fingerprint density at radius 3 is 2.93 bits per heavy atom. The lowest BCUT2D eigenvalue weighted by Gasteiger charge is -2.10. The number of carbonyl (C=O) groups is 1. The van der Waals surface area contributed by atoms with Gasteiger partial charge in [0.2, 0.25) is 5.91 Å². The fourth-order valence-electron chi connectivity index (χ4n) is 1.10. The Labute approximate surface area is 84.6 Å². The largest absolute Gasteiger partial charge is 0.353 e. The first-order valence-corrected chi connectivity index (χ1v) is 4.91. The maximum absolute atomic E-state index is 11.4. The SMILES string of the molecule is CCC(C)NC(=O)Cc1ccccn1. The molecule has 1 amide bonds. The molecule has 1 N–H and O–H groups in total. The smallest absolute Gasteiger partial charge is 0.226 e. The minimum atomic E-state index is 0.0399. The summed E-state index contributed by atoms with van der Waals surface area (Å²) in [6.45, 7) is 4.04. The molecular formula is C11H16N2O. The number of pyridine rings is 1. The van der Waals surface area contributed by atoms with Crippen LogP contribution in [0.1, 0.15) is 26.0 Å². The van der Waals surface area contributed by atoms with E-state index in [2.05, 4.69) is 10.3 Å². The molecular weight excluding hydrogens is 176 g/mol. The number of aromatic nitrogens is 1. The Balaban J connectivity index is 2.42. The van der Waals surface area contributed by atoms with Gasteiger partial charge in [0.25, 0.3) is 0 Å². The number of amides is 1. The molecule has 76 valence electrons. The molecule has 3 heteroatoms. The Bertz CT molecular complexity index is 285. The highest BCUT2D eigenvalue weighted by atomic mass is 16.1. The van der Waals surface area contributed by atoms with Gasteiger partial charge in [-0.2, -0.15) is 0 Å². The van der Waals surface area contributed by atoms with Gasteiger partial charge in [0, 0.05) is 17.9 Å². The number of hydrogen-bond acceptors (Lipinski definition) is 2. The molecule has 0 aliphatic rings. The molecule has 1 heterocycles. The zero-order chi connectivity index (χ0) is 10.4. The first-order chi connectivity index (χ1) is 6.72. The Morgan fingerprint density at radius 1 is 1.57 bits per heavy atom. The average molecular weight is 192 g/mol. The predicted octanol–water partition coefficient (Wildman–Crippen LogP) is 1.54. The Hall–Kier alpha value is -1.38. The van der Waals surface area contributed by atoms with Gasteiger partial charge in [-0.15, -0.1) is 0 Å². The van der Waals surface area contributed by atoms with Gasteiger partial charge in [-0.3, -0.25) is 9.78 Å². The summed E-state index contributed by atoms with van der Waals surface area (Å²) in [6.07, 6.45) is 3.02. The standard InChI is InChI=1S/C11H16N2O/c1-3-9(2)13-11(14)8-10-6-4-5-7-12-10/h4-7,9H,3,8H2,1-2H3,(H,13,14). The second-order valence-electron chi connectivity index (χ2n) is 3.37. The zero-order valence-corrected chi connectivity index (χ0v) is 8.66. The van der Waals surface area contributed by atoms with E-state index in [1.807, 2.05) is 32.0 Å². The molecule has 0 spiro atoms. The summed E-state index contributed by atoms with van der Waals surface area (Å²) in [5.74, 6) is 0.0399. The van der Waals surface area contributed by atoms with Crippen molar-refractivity contribution in [2.75, 3.05) is 0 Å². The molecule has 0 fully saturated rings. The van der Waals surface area contributed by atoms with Crippen LogP contribution in [0, 0.1) is 0 Å². The van der Waals surface area contributed by atoms with E-state index in [0.717, 1.165) is 12.1 Å². The van der Waals surface area contributed by atoms with Crippen LogP contribution >= 0.6 is 0 Å². The minimum Gasteiger partial charge on any atom is -0.353 e. The van der Waals surface area contributed by atoms with E-state index < -0.39 is 0 Å². The van der Waals surface area contributed by atoms with E-state index in [1.54, 1.807) is 6.20 Å². The summed E-state index contributed by atoms with van der Waals surface area (Å²) < 4.78 is 0. The van der Waals surface area contributed by atoms with Crippen molar-refractivity contribution in [3.8, 4) is 0 Å². The van der Waals surface area contributed by atoms with E-state index in [4.69, 9.17) is 0 Å². The fraction of sp³-hybridized carbons (Fsp3) is 0.455. The Morgan fingerprint density at radius 2 is 2.36 bits per heavy atom. The first kappa shape index (κ1) is 10.7. The van der Waals surface area contributed by atoms with Crippen LogP contribution in [0.2, 0.25) is 0 Å². The summed E-state index contributed by atoms with van der Waals surface area (Å²) in [7, 11) is 0. The van der Waals surface area contributed by atoms with E-state index in [1.165, 1.54) is 0 Å². The summed E-state index contributed by atoms with van der Waals surface area (Å²) in [5, 5.41) is 2.90. The monoisotopic (exact) mass is 192 g/mol. The van der Waals surface area contributed by atoms with E-state index in [0.29, 0.717) is 6.42 Å². The molecule has 1 atom stereocenters. The molecule has 1 aromatic rings. The highest BCUT2D eigenvalue weighted by molar-refractivity contribution is 5.78. The van der Waals surface area contributed by atoms with Crippen LogP contribution in [0.5, 0.6) is 0 Å². The third-order valence-corrected chi connectivity index (χ3v) is 2.09. The molecule has 0 aromatic carbocycles. The highest BCUT2D eigenvalue weighted by Crippen LogP contribution is 1.96. The number of nitrogens with one attached hydrogen (secondary N) is 1. The van der Waals surface area contributed by atoms with Gasteiger partial charge >= 0.3 is 0 Å². The van der Waals surface area contributed by atoms with Crippen LogP contribution in [0.3, 0.4) is 0 Å².